The van der Waals surface area contributed by atoms with E-state index >= 15 is 0 Å². The van der Waals surface area contributed by atoms with Gasteiger partial charge < -0.3 is 10.2 Å². The zero-order valence-electron chi connectivity index (χ0n) is 14.4. The fourth-order valence-corrected chi connectivity index (χ4v) is 3.01. The van der Waals surface area contributed by atoms with Crippen molar-refractivity contribution >= 4 is 11.8 Å². The molecule has 2 atom stereocenters. The van der Waals surface area contributed by atoms with Crippen LogP contribution in [0.25, 0.3) is 0 Å². The van der Waals surface area contributed by atoms with Gasteiger partial charge in [-0.1, -0.05) is 53.4 Å². The van der Waals surface area contributed by atoms with Crippen LogP contribution in [0, 0.1) is 5.92 Å². The maximum atomic E-state index is 12.8. The van der Waals surface area contributed by atoms with Gasteiger partial charge in [0.05, 0.1) is 0 Å². The Labute approximate surface area is 129 Å². The molecule has 21 heavy (non-hydrogen) atoms. The van der Waals surface area contributed by atoms with Crippen molar-refractivity contribution in [3.8, 4) is 0 Å². The van der Waals surface area contributed by atoms with Gasteiger partial charge in [0, 0.05) is 6.54 Å². The molecule has 0 saturated carbocycles. The number of hydrogen-bond acceptors (Lipinski definition) is 2. The van der Waals surface area contributed by atoms with Crippen LogP contribution in [0.3, 0.4) is 0 Å². The summed E-state index contributed by atoms with van der Waals surface area (Å²) >= 11 is 0. The predicted molar refractivity (Wildman–Crippen MR) is 85.9 cm³/mol. The highest BCUT2D eigenvalue weighted by Gasteiger charge is 2.47. The zero-order chi connectivity index (χ0) is 16.0. The van der Waals surface area contributed by atoms with Gasteiger partial charge in [-0.15, -0.1) is 0 Å². The Morgan fingerprint density at radius 1 is 1.14 bits per heavy atom. The first kappa shape index (κ1) is 18.0. The number of piperazine rings is 1. The molecular weight excluding hydrogens is 264 g/mol. The van der Waals surface area contributed by atoms with E-state index in [0.717, 1.165) is 12.8 Å². The fourth-order valence-electron chi connectivity index (χ4n) is 3.01. The Balaban J connectivity index is 2.76. The van der Waals surface area contributed by atoms with Gasteiger partial charge in [-0.05, 0) is 25.7 Å². The van der Waals surface area contributed by atoms with E-state index in [1.165, 1.54) is 19.3 Å². The SMILES string of the molecule is CCCCCCCN1C(=O)C(C)(CC)NC(=O)C1C(C)C. The minimum absolute atomic E-state index is 0.00232. The van der Waals surface area contributed by atoms with Crippen LogP contribution >= 0.6 is 0 Å². The van der Waals surface area contributed by atoms with E-state index in [-0.39, 0.29) is 23.8 Å². The van der Waals surface area contributed by atoms with Crippen molar-refractivity contribution in [1.82, 2.24) is 10.2 Å². The first-order chi connectivity index (χ1) is 9.87. The van der Waals surface area contributed by atoms with Gasteiger partial charge in [-0.3, -0.25) is 9.59 Å². The van der Waals surface area contributed by atoms with Crippen molar-refractivity contribution in [1.29, 1.82) is 0 Å². The normalized spacial score (nSPS) is 26.4. The highest BCUT2D eigenvalue weighted by molar-refractivity contribution is 5.99. The van der Waals surface area contributed by atoms with Crippen molar-refractivity contribution in [3.63, 3.8) is 0 Å². The molecule has 1 aliphatic heterocycles. The summed E-state index contributed by atoms with van der Waals surface area (Å²) in [5.41, 5.74) is -0.730. The standard InChI is InChI=1S/C17H32N2O2/c1-6-8-9-10-11-12-19-14(13(3)4)15(20)18-17(5,7-2)16(19)21/h13-14H,6-12H2,1-5H3,(H,18,20). The molecule has 0 spiro atoms. The van der Waals surface area contributed by atoms with Crippen LogP contribution in [-0.2, 0) is 9.59 Å². The molecule has 0 aliphatic carbocycles. The van der Waals surface area contributed by atoms with Gasteiger partial charge in [0.25, 0.3) is 0 Å². The molecule has 4 nitrogen and oxygen atoms in total. The molecule has 0 bridgehead atoms. The lowest BCUT2D eigenvalue weighted by atomic mass is 9.88. The third-order valence-electron chi connectivity index (χ3n) is 4.58. The van der Waals surface area contributed by atoms with Crippen molar-refractivity contribution in [3.05, 3.63) is 0 Å². The summed E-state index contributed by atoms with van der Waals surface area (Å²) < 4.78 is 0. The molecule has 0 aromatic rings. The van der Waals surface area contributed by atoms with Crippen LogP contribution in [0.5, 0.6) is 0 Å². The molecule has 2 amide bonds. The van der Waals surface area contributed by atoms with Crippen LogP contribution in [0.1, 0.15) is 73.1 Å². The summed E-state index contributed by atoms with van der Waals surface area (Å²) in [7, 11) is 0. The largest absolute Gasteiger partial charge is 0.340 e. The van der Waals surface area contributed by atoms with Crippen molar-refractivity contribution < 1.29 is 9.59 Å². The molecular formula is C17H32N2O2. The van der Waals surface area contributed by atoms with Crippen molar-refractivity contribution in [2.45, 2.75) is 84.7 Å². The van der Waals surface area contributed by atoms with E-state index in [1.807, 2.05) is 32.6 Å². The number of rotatable bonds is 8. The number of amides is 2. The van der Waals surface area contributed by atoms with E-state index in [0.29, 0.717) is 13.0 Å². The van der Waals surface area contributed by atoms with Gasteiger partial charge in [0.1, 0.15) is 11.6 Å². The number of carbonyl (C=O) groups is 2. The molecule has 1 rings (SSSR count). The Bertz CT molecular complexity index is 368. The maximum absolute atomic E-state index is 12.8. The Kier molecular flexibility index (Phi) is 6.69. The number of nitrogens with zero attached hydrogens (tertiary/aromatic N) is 1. The topological polar surface area (TPSA) is 49.4 Å². The minimum atomic E-state index is -0.730. The first-order valence-electron chi connectivity index (χ1n) is 8.50. The minimum Gasteiger partial charge on any atom is -0.340 e. The summed E-state index contributed by atoms with van der Waals surface area (Å²) in [6.07, 6.45) is 6.42. The van der Waals surface area contributed by atoms with Crippen LogP contribution < -0.4 is 5.32 Å². The van der Waals surface area contributed by atoms with E-state index in [1.54, 1.807) is 0 Å². The predicted octanol–water partition coefficient (Wildman–Crippen LogP) is 3.11. The highest BCUT2D eigenvalue weighted by atomic mass is 16.2. The Morgan fingerprint density at radius 3 is 2.29 bits per heavy atom. The monoisotopic (exact) mass is 296 g/mol. The van der Waals surface area contributed by atoms with Crippen molar-refractivity contribution in [2.75, 3.05) is 6.54 Å². The molecule has 0 aromatic heterocycles. The van der Waals surface area contributed by atoms with E-state index < -0.39 is 5.54 Å². The lowest BCUT2D eigenvalue weighted by Crippen LogP contribution is -2.70. The molecule has 0 radical (unpaired) electrons. The first-order valence-corrected chi connectivity index (χ1v) is 8.50. The lowest BCUT2D eigenvalue weighted by molar-refractivity contribution is -0.156. The average Bonchev–Trinajstić information content (AvgIpc) is 2.43. The summed E-state index contributed by atoms with van der Waals surface area (Å²) in [6, 6.07) is -0.316. The quantitative estimate of drug-likeness (QED) is 0.700. The average molecular weight is 296 g/mol. The number of unbranched alkanes of at least 4 members (excludes halogenated alkanes) is 4. The second-order valence-corrected chi connectivity index (χ2v) is 6.78. The van der Waals surface area contributed by atoms with Gasteiger partial charge in [-0.25, -0.2) is 0 Å². The second-order valence-electron chi connectivity index (χ2n) is 6.78. The van der Waals surface area contributed by atoms with Gasteiger partial charge in [0.15, 0.2) is 0 Å². The number of nitrogens with one attached hydrogen (secondary N) is 1. The molecule has 0 aromatic carbocycles. The summed E-state index contributed by atoms with van der Waals surface area (Å²) in [5, 5.41) is 2.93. The molecule has 1 fully saturated rings. The van der Waals surface area contributed by atoms with Gasteiger partial charge in [0.2, 0.25) is 11.8 Å². The summed E-state index contributed by atoms with van der Waals surface area (Å²) in [5.74, 6) is 0.229. The molecule has 4 heteroatoms. The van der Waals surface area contributed by atoms with Crippen LogP contribution in [0.2, 0.25) is 0 Å². The zero-order valence-corrected chi connectivity index (χ0v) is 14.4. The molecule has 1 aliphatic rings. The van der Waals surface area contributed by atoms with Gasteiger partial charge in [-0.2, -0.15) is 0 Å². The Hall–Kier alpha value is -1.06. The maximum Gasteiger partial charge on any atom is 0.248 e. The van der Waals surface area contributed by atoms with E-state index in [4.69, 9.17) is 0 Å². The summed E-state index contributed by atoms with van der Waals surface area (Å²) in [6.45, 7) is 10.7. The lowest BCUT2D eigenvalue weighted by Gasteiger charge is -2.45. The Morgan fingerprint density at radius 2 is 1.76 bits per heavy atom. The fraction of sp³-hybridized carbons (Fsp3) is 0.882. The summed E-state index contributed by atoms with van der Waals surface area (Å²) in [4.78, 5) is 27.0. The number of hydrogen-bond donors (Lipinski definition) is 1. The third-order valence-corrected chi connectivity index (χ3v) is 4.58. The number of carbonyl (C=O) groups excluding carboxylic acids is 2. The second kappa shape index (κ2) is 7.81. The molecule has 1 saturated heterocycles. The molecule has 122 valence electrons. The molecule has 1 N–H and O–H groups in total. The van der Waals surface area contributed by atoms with Crippen LogP contribution in [0.15, 0.2) is 0 Å². The van der Waals surface area contributed by atoms with E-state index in [2.05, 4.69) is 12.2 Å². The van der Waals surface area contributed by atoms with Crippen molar-refractivity contribution in [2.24, 2.45) is 5.92 Å². The van der Waals surface area contributed by atoms with Crippen LogP contribution in [0.4, 0.5) is 0 Å². The third kappa shape index (κ3) is 4.21. The molecule has 1 heterocycles. The van der Waals surface area contributed by atoms with Gasteiger partial charge >= 0.3 is 0 Å². The van der Waals surface area contributed by atoms with Crippen LogP contribution in [-0.4, -0.2) is 34.8 Å². The molecule has 2 unspecified atom stereocenters. The van der Waals surface area contributed by atoms with E-state index in [9.17, 15) is 9.59 Å². The highest BCUT2D eigenvalue weighted by Crippen LogP contribution is 2.25. The smallest absolute Gasteiger partial charge is 0.248 e.